The molecule has 2 fully saturated rings. The van der Waals surface area contributed by atoms with Gasteiger partial charge in [0.2, 0.25) is 0 Å². The fourth-order valence-corrected chi connectivity index (χ4v) is 6.45. The van der Waals surface area contributed by atoms with Crippen LogP contribution in [0.25, 0.3) is 0 Å². The molecular formula is C28H36N2OS. The molecule has 1 unspecified atom stereocenters. The maximum Gasteiger partial charge on any atom is 0.254 e. The van der Waals surface area contributed by atoms with Crippen molar-refractivity contribution in [2.75, 3.05) is 13.1 Å². The van der Waals surface area contributed by atoms with Crippen LogP contribution in [0.2, 0.25) is 0 Å². The van der Waals surface area contributed by atoms with E-state index in [1.165, 1.54) is 60.4 Å². The summed E-state index contributed by atoms with van der Waals surface area (Å²) >= 11 is 1.87. The number of thioether (sulfide) groups is 1. The van der Waals surface area contributed by atoms with E-state index in [4.69, 9.17) is 0 Å². The van der Waals surface area contributed by atoms with Gasteiger partial charge >= 0.3 is 0 Å². The Labute approximate surface area is 197 Å². The predicted octanol–water partition coefficient (Wildman–Crippen LogP) is 6.50. The highest BCUT2D eigenvalue weighted by atomic mass is 32.2. The third-order valence-corrected chi connectivity index (χ3v) is 9.06. The summed E-state index contributed by atoms with van der Waals surface area (Å²) in [6, 6.07) is 15.7. The molecule has 0 aromatic heterocycles. The van der Waals surface area contributed by atoms with Gasteiger partial charge in [-0.05, 0) is 86.4 Å². The lowest BCUT2D eigenvalue weighted by molar-refractivity contribution is 0.0708. The molecule has 32 heavy (non-hydrogen) atoms. The number of hydrogen-bond donors (Lipinski definition) is 0. The molecule has 1 saturated carbocycles. The third-order valence-electron chi connectivity index (χ3n) is 7.89. The standard InChI is InChI=1S/C28H36N2OS/c1-3-5-21(2)30-19-25-24(27(30)31)6-4-7-26(25)32-20-23-10-8-22(9-11-23)18-29-16-14-28(12-13-28)15-17-29/h4,6-11,21H,3,5,12-20H2,1-2H3. The van der Waals surface area contributed by atoms with Crippen LogP contribution in [0.4, 0.5) is 0 Å². The molecule has 3 nitrogen and oxygen atoms in total. The molecule has 0 bridgehead atoms. The summed E-state index contributed by atoms with van der Waals surface area (Å²) in [4.78, 5) is 18.8. The Morgan fingerprint density at radius 1 is 1.00 bits per heavy atom. The first-order valence-corrected chi connectivity index (χ1v) is 13.4. The van der Waals surface area contributed by atoms with Crippen LogP contribution in [0.1, 0.15) is 79.4 Å². The minimum atomic E-state index is 0.207. The number of rotatable bonds is 8. The average Bonchev–Trinajstić information content (AvgIpc) is 3.48. The first kappa shape index (κ1) is 22.0. The number of likely N-dealkylation sites (tertiary alicyclic amines) is 1. The smallest absolute Gasteiger partial charge is 0.254 e. The molecule has 2 heterocycles. The molecule has 4 heteroatoms. The first-order valence-electron chi connectivity index (χ1n) is 12.4. The van der Waals surface area contributed by atoms with E-state index in [0.717, 1.165) is 42.7 Å². The Bertz CT molecular complexity index is 956. The van der Waals surface area contributed by atoms with Gasteiger partial charge < -0.3 is 4.90 Å². The van der Waals surface area contributed by atoms with Gasteiger partial charge in [-0.3, -0.25) is 9.69 Å². The number of piperidine rings is 1. The minimum absolute atomic E-state index is 0.207. The highest BCUT2D eigenvalue weighted by Gasteiger charge is 2.44. The van der Waals surface area contributed by atoms with Crippen molar-refractivity contribution in [3.63, 3.8) is 0 Å². The normalized spacial score (nSPS) is 20.6. The number of benzene rings is 2. The van der Waals surface area contributed by atoms with Gasteiger partial charge in [0.05, 0.1) is 0 Å². The van der Waals surface area contributed by atoms with Crippen LogP contribution in [0, 0.1) is 5.41 Å². The molecule has 1 spiro atoms. The van der Waals surface area contributed by atoms with Gasteiger partial charge in [-0.15, -0.1) is 11.8 Å². The molecular weight excluding hydrogens is 412 g/mol. The monoisotopic (exact) mass is 448 g/mol. The lowest BCUT2D eigenvalue weighted by Crippen LogP contribution is -2.33. The van der Waals surface area contributed by atoms with Crippen LogP contribution < -0.4 is 0 Å². The van der Waals surface area contributed by atoms with Crippen molar-refractivity contribution < 1.29 is 4.79 Å². The zero-order valence-electron chi connectivity index (χ0n) is 19.6. The Hall–Kier alpha value is -1.78. The molecule has 0 radical (unpaired) electrons. The van der Waals surface area contributed by atoms with Crippen molar-refractivity contribution in [3.8, 4) is 0 Å². The summed E-state index contributed by atoms with van der Waals surface area (Å²) in [5.74, 6) is 1.15. The largest absolute Gasteiger partial charge is 0.332 e. The molecule has 2 aromatic carbocycles. The maximum absolute atomic E-state index is 12.9. The third kappa shape index (κ3) is 4.63. The van der Waals surface area contributed by atoms with Gasteiger partial charge in [0.15, 0.2) is 0 Å². The number of hydrogen-bond acceptors (Lipinski definition) is 3. The van der Waals surface area contributed by atoms with Crippen LogP contribution in [0.5, 0.6) is 0 Å². The quantitative estimate of drug-likeness (QED) is 0.431. The summed E-state index contributed by atoms with van der Waals surface area (Å²) in [7, 11) is 0. The molecule has 0 N–H and O–H groups in total. The van der Waals surface area contributed by atoms with Crippen LogP contribution >= 0.6 is 11.8 Å². The van der Waals surface area contributed by atoms with Crippen molar-refractivity contribution in [3.05, 3.63) is 64.7 Å². The van der Waals surface area contributed by atoms with Gasteiger partial charge in [-0.2, -0.15) is 0 Å². The average molecular weight is 449 g/mol. The zero-order valence-corrected chi connectivity index (χ0v) is 20.4. The number of fused-ring (bicyclic) bond motifs is 1. The van der Waals surface area contributed by atoms with Gasteiger partial charge in [0.1, 0.15) is 0 Å². The summed E-state index contributed by atoms with van der Waals surface area (Å²) in [6.07, 6.45) is 7.93. The minimum Gasteiger partial charge on any atom is -0.332 e. The molecule has 2 aromatic rings. The molecule has 2 aliphatic heterocycles. The second-order valence-electron chi connectivity index (χ2n) is 10.2. The fourth-order valence-electron chi connectivity index (χ4n) is 5.41. The fraction of sp³-hybridized carbons (Fsp3) is 0.536. The maximum atomic E-state index is 12.9. The number of carbonyl (C=O) groups is 1. The van der Waals surface area contributed by atoms with E-state index in [1.54, 1.807) is 0 Å². The van der Waals surface area contributed by atoms with Gasteiger partial charge in [-0.25, -0.2) is 0 Å². The topological polar surface area (TPSA) is 23.6 Å². The lowest BCUT2D eigenvalue weighted by Gasteiger charge is -2.32. The molecule has 170 valence electrons. The van der Waals surface area contributed by atoms with Crippen molar-refractivity contribution in [2.45, 2.75) is 82.2 Å². The zero-order chi connectivity index (χ0) is 22.1. The van der Waals surface area contributed by atoms with Gasteiger partial charge in [0, 0.05) is 35.3 Å². The molecule has 1 saturated heterocycles. The Morgan fingerprint density at radius 2 is 1.72 bits per heavy atom. The van der Waals surface area contributed by atoms with E-state index in [9.17, 15) is 4.79 Å². The second-order valence-corrected chi connectivity index (χ2v) is 11.3. The second kappa shape index (κ2) is 9.23. The first-order chi connectivity index (χ1) is 15.6. The Morgan fingerprint density at radius 3 is 2.41 bits per heavy atom. The molecule has 1 amide bonds. The summed E-state index contributed by atoms with van der Waals surface area (Å²) in [5.41, 5.74) is 5.67. The van der Waals surface area contributed by atoms with Crippen molar-refractivity contribution in [1.29, 1.82) is 0 Å². The van der Waals surface area contributed by atoms with Gasteiger partial charge in [0.25, 0.3) is 5.91 Å². The van der Waals surface area contributed by atoms with Crippen molar-refractivity contribution in [2.24, 2.45) is 5.41 Å². The number of amides is 1. The van der Waals surface area contributed by atoms with E-state index in [-0.39, 0.29) is 5.91 Å². The molecule has 1 aliphatic carbocycles. The van der Waals surface area contributed by atoms with E-state index in [1.807, 2.05) is 23.9 Å². The van der Waals surface area contributed by atoms with Gasteiger partial charge in [-0.1, -0.05) is 43.7 Å². The lowest BCUT2D eigenvalue weighted by atomic mass is 9.93. The molecule has 5 rings (SSSR count). The summed E-state index contributed by atoms with van der Waals surface area (Å²) < 4.78 is 0. The van der Waals surface area contributed by atoms with Crippen molar-refractivity contribution in [1.82, 2.24) is 9.80 Å². The van der Waals surface area contributed by atoms with Crippen LogP contribution in [0.3, 0.4) is 0 Å². The number of nitrogens with zero attached hydrogens (tertiary/aromatic N) is 2. The number of carbonyl (C=O) groups excluding carboxylic acids is 1. The van der Waals surface area contributed by atoms with Crippen molar-refractivity contribution >= 4 is 17.7 Å². The van der Waals surface area contributed by atoms with E-state index < -0.39 is 0 Å². The van der Waals surface area contributed by atoms with E-state index in [2.05, 4.69) is 54.0 Å². The van der Waals surface area contributed by atoms with Crippen LogP contribution in [0.15, 0.2) is 47.4 Å². The highest BCUT2D eigenvalue weighted by molar-refractivity contribution is 7.98. The molecule has 1 atom stereocenters. The summed E-state index contributed by atoms with van der Waals surface area (Å²) in [5, 5.41) is 0. The summed E-state index contributed by atoms with van der Waals surface area (Å²) in [6.45, 7) is 8.74. The predicted molar refractivity (Wildman–Crippen MR) is 133 cm³/mol. The molecule has 3 aliphatic rings. The highest BCUT2D eigenvalue weighted by Crippen LogP contribution is 2.53. The van der Waals surface area contributed by atoms with E-state index >= 15 is 0 Å². The van der Waals surface area contributed by atoms with Crippen LogP contribution in [-0.4, -0.2) is 34.8 Å². The van der Waals surface area contributed by atoms with Crippen LogP contribution in [-0.2, 0) is 18.8 Å². The Kier molecular flexibility index (Phi) is 6.35. The Balaban J connectivity index is 1.18. The van der Waals surface area contributed by atoms with E-state index in [0.29, 0.717) is 6.04 Å². The SMILES string of the molecule is CCCC(C)N1Cc2c(SCc3ccc(CN4CCC5(CC4)CC5)cc3)cccc2C1=O.